The van der Waals surface area contributed by atoms with Crippen molar-refractivity contribution in [1.29, 1.82) is 0 Å². The number of nitrogens with one attached hydrogen (secondary N) is 1. The van der Waals surface area contributed by atoms with Crippen LogP contribution in [0.1, 0.15) is 18.7 Å². The first-order chi connectivity index (χ1) is 12.7. The number of hydrogen-bond donors (Lipinski definition) is 1. The van der Waals surface area contributed by atoms with E-state index in [0.717, 1.165) is 0 Å². The molecule has 0 amide bonds. The third-order valence-electron chi connectivity index (χ3n) is 4.03. The van der Waals surface area contributed by atoms with Crippen LogP contribution < -0.4 is 19.8 Å². The Bertz CT molecular complexity index is 1030. The number of benzene rings is 2. The molecular weight excluding hydrogens is 336 g/mol. The fraction of sp³-hybridized carbons (Fsp3) is 0.211. The molecule has 0 atom stereocenters. The Hall–Kier alpha value is -3.35. The highest BCUT2D eigenvalue weighted by Crippen LogP contribution is 2.35. The number of carbonyl (C=O) groups excluding carboxylic acids is 1. The van der Waals surface area contributed by atoms with Crippen LogP contribution in [0.15, 0.2) is 47.3 Å². The highest BCUT2D eigenvalue weighted by Gasteiger charge is 2.15. The Kier molecular flexibility index (Phi) is 4.27. The number of nitrogens with zero attached hydrogens (tertiary/aromatic N) is 1. The van der Waals surface area contributed by atoms with Crippen LogP contribution in [0.3, 0.4) is 0 Å². The van der Waals surface area contributed by atoms with Gasteiger partial charge in [0, 0.05) is 18.9 Å². The Balaban J connectivity index is 1.34. The molecule has 2 aromatic carbocycles. The average molecular weight is 352 g/mol. The van der Waals surface area contributed by atoms with Gasteiger partial charge < -0.3 is 19.2 Å². The molecule has 0 aliphatic carbocycles. The van der Waals surface area contributed by atoms with E-state index in [9.17, 15) is 9.59 Å². The van der Waals surface area contributed by atoms with Crippen molar-refractivity contribution in [2.24, 2.45) is 0 Å². The van der Waals surface area contributed by atoms with Gasteiger partial charge in [-0.25, -0.2) is 4.98 Å². The number of esters is 1. The van der Waals surface area contributed by atoms with Crippen molar-refractivity contribution in [3.63, 3.8) is 0 Å². The smallest absolute Gasteiger partial charge is 0.311 e. The lowest BCUT2D eigenvalue weighted by atomic mass is 10.2. The van der Waals surface area contributed by atoms with Gasteiger partial charge in [-0.1, -0.05) is 12.1 Å². The fourth-order valence-corrected chi connectivity index (χ4v) is 2.78. The predicted molar refractivity (Wildman–Crippen MR) is 93.5 cm³/mol. The summed E-state index contributed by atoms with van der Waals surface area (Å²) in [7, 11) is 0. The lowest BCUT2D eigenvalue weighted by molar-refractivity contribution is -0.134. The van der Waals surface area contributed by atoms with Gasteiger partial charge in [0.25, 0.3) is 5.56 Å². The van der Waals surface area contributed by atoms with Crippen LogP contribution in [0.4, 0.5) is 0 Å². The number of hydrogen-bond acceptors (Lipinski definition) is 6. The monoisotopic (exact) mass is 352 g/mol. The Morgan fingerprint density at radius 1 is 1.15 bits per heavy atom. The van der Waals surface area contributed by atoms with Crippen molar-refractivity contribution < 1.29 is 19.0 Å². The molecule has 0 radical (unpaired) electrons. The minimum absolute atomic E-state index is 0.170. The van der Waals surface area contributed by atoms with E-state index in [-0.39, 0.29) is 24.7 Å². The van der Waals surface area contributed by atoms with E-state index < -0.39 is 0 Å². The maximum absolute atomic E-state index is 12.0. The van der Waals surface area contributed by atoms with Gasteiger partial charge in [-0.15, -0.1) is 0 Å². The van der Waals surface area contributed by atoms with Gasteiger partial charge in [0.1, 0.15) is 11.6 Å². The van der Waals surface area contributed by atoms with Crippen molar-refractivity contribution in [3.05, 3.63) is 58.6 Å². The largest absolute Gasteiger partial charge is 0.454 e. The fourth-order valence-electron chi connectivity index (χ4n) is 2.78. The molecule has 0 spiro atoms. The molecule has 7 heteroatoms. The van der Waals surface area contributed by atoms with Gasteiger partial charge in [0.2, 0.25) is 6.79 Å². The first-order valence-corrected chi connectivity index (χ1v) is 8.27. The number of aryl methyl sites for hydroxylation is 1. The summed E-state index contributed by atoms with van der Waals surface area (Å²) in [5.41, 5.74) is 0.475. The van der Waals surface area contributed by atoms with Gasteiger partial charge in [0.05, 0.1) is 10.9 Å². The number of aromatic nitrogens is 2. The number of H-pyrrole nitrogens is 1. The summed E-state index contributed by atoms with van der Waals surface area (Å²) in [6, 6.07) is 12.1. The zero-order valence-corrected chi connectivity index (χ0v) is 13.9. The predicted octanol–water partition coefficient (Wildman–Crippen LogP) is 2.58. The molecule has 1 aliphatic rings. The van der Waals surface area contributed by atoms with Crippen LogP contribution in [0.25, 0.3) is 10.9 Å². The first-order valence-electron chi connectivity index (χ1n) is 8.27. The lowest BCUT2D eigenvalue weighted by Gasteiger charge is -2.06. The summed E-state index contributed by atoms with van der Waals surface area (Å²) in [4.78, 5) is 31.2. The molecule has 0 bridgehead atoms. The van der Waals surface area contributed by atoms with Crippen LogP contribution in [0.2, 0.25) is 0 Å². The van der Waals surface area contributed by atoms with Gasteiger partial charge in [-0.3, -0.25) is 9.59 Å². The quantitative estimate of drug-likeness (QED) is 0.561. The van der Waals surface area contributed by atoms with Crippen LogP contribution in [0.5, 0.6) is 17.2 Å². The van der Waals surface area contributed by atoms with E-state index in [1.165, 1.54) is 0 Å². The number of carbonyl (C=O) groups is 1. The molecule has 1 N–H and O–H groups in total. The van der Waals surface area contributed by atoms with Gasteiger partial charge >= 0.3 is 5.97 Å². The number of aromatic amines is 1. The molecule has 4 rings (SSSR count). The highest BCUT2D eigenvalue weighted by atomic mass is 16.7. The molecule has 0 saturated carbocycles. The van der Waals surface area contributed by atoms with Gasteiger partial charge in [-0.2, -0.15) is 0 Å². The van der Waals surface area contributed by atoms with Crippen LogP contribution >= 0.6 is 0 Å². The summed E-state index contributed by atoms with van der Waals surface area (Å²) >= 11 is 0. The van der Waals surface area contributed by atoms with Crippen LogP contribution in [-0.4, -0.2) is 22.7 Å². The summed E-state index contributed by atoms with van der Waals surface area (Å²) in [6.07, 6.45) is 1.21. The summed E-state index contributed by atoms with van der Waals surface area (Å²) < 4.78 is 15.8. The number of fused-ring (bicyclic) bond motifs is 2. The second-order valence-electron chi connectivity index (χ2n) is 5.87. The molecule has 2 heterocycles. The highest BCUT2D eigenvalue weighted by molar-refractivity contribution is 5.77. The van der Waals surface area contributed by atoms with Gasteiger partial charge in [0.15, 0.2) is 11.5 Å². The van der Waals surface area contributed by atoms with Crippen LogP contribution in [0, 0.1) is 0 Å². The first kappa shape index (κ1) is 16.1. The molecular formula is C19H16N2O5. The van der Waals surface area contributed by atoms with E-state index in [1.807, 2.05) is 6.07 Å². The normalized spacial score (nSPS) is 12.3. The topological polar surface area (TPSA) is 90.5 Å². The molecule has 0 fully saturated rings. The van der Waals surface area contributed by atoms with Crippen molar-refractivity contribution in [1.82, 2.24) is 9.97 Å². The lowest BCUT2D eigenvalue weighted by Crippen LogP contribution is -2.13. The van der Waals surface area contributed by atoms with E-state index in [2.05, 4.69) is 9.97 Å². The Labute approximate surface area is 148 Å². The standard InChI is InChI=1S/C19H16N2O5/c22-18(26-12-8-9-15-16(10-12)25-11-24-15)7-3-6-17-20-14-5-2-1-4-13(14)19(23)21-17/h1-2,4-5,8-10H,3,6-7,11H2,(H,20,21,23). The second kappa shape index (κ2) is 6.87. The van der Waals surface area contributed by atoms with Crippen LogP contribution in [-0.2, 0) is 11.2 Å². The SMILES string of the molecule is O=C(CCCc1nc2ccccc2c(=O)[nH]1)Oc1ccc2c(c1)OCO2. The third-order valence-corrected chi connectivity index (χ3v) is 4.03. The minimum Gasteiger partial charge on any atom is -0.454 e. The molecule has 0 saturated heterocycles. The summed E-state index contributed by atoms with van der Waals surface area (Å²) in [6.45, 7) is 0.170. The Morgan fingerprint density at radius 2 is 2.00 bits per heavy atom. The molecule has 7 nitrogen and oxygen atoms in total. The summed E-state index contributed by atoms with van der Waals surface area (Å²) in [5.74, 6) is 1.82. The average Bonchev–Trinajstić information content (AvgIpc) is 3.09. The number of rotatable bonds is 5. The van der Waals surface area contributed by atoms with Crippen molar-refractivity contribution in [2.75, 3.05) is 6.79 Å². The van der Waals surface area contributed by atoms with Crippen molar-refractivity contribution in [3.8, 4) is 17.2 Å². The van der Waals surface area contributed by atoms with Crippen molar-refractivity contribution in [2.45, 2.75) is 19.3 Å². The molecule has 132 valence electrons. The van der Waals surface area contributed by atoms with E-state index >= 15 is 0 Å². The van der Waals surface area contributed by atoms with Crippen molar-refractivity contribution >= 4 is 16.9 Å². The van der Waals surface area contributed by atoms with E-state index in [0.29, 0.717) is 46.8 Å². The third kappa shape index (κ3) is 3.37. The molecule has 1 aliphatic heterocycles. The van der Waals surface area contributed by atoms with E-state index in [1.54, 1.807) is 36.4 Å². The second-order valence-corrected chi connectivity index (χ2v) is 5.87. The maximum Gasteiger partial charge on any atom is 0.311 e. The number of ether oxygens (including phenoxy) is 3. The number of para-hydroxylation sites is 1. The van der Waals surface area contributed by atoms with Gasteiger partial charge in [-0.05, 0) is 30.7 Å². The summed E-state index contributed by atoms with van der Waals surface area (Å²) in [5, 5.41) is 0.554. The Morgan fingerprint density at radius 3 is 2.92 bits per heavy atom. The zero-order valence-electron chi connectivity index (χ0n) is 13.9. The molecule has 26 heavy (non-hydrogen) atoms. The maximum atomic E-state index is 12.0. The minimum atomic E-state index is -0.355. The molecule has 3 aromatic rings. The van der Waals surface area contributed by atoms with E-state index in [4.69, 9.17) is 14.2 Å². The molecule has 1 aromatic heterocycles. The molecule has 0 unspecified atom stereocenters. The zero-order chi connectivity index (χ0) is 17.9.